The molecule has 0 radical (unpaired) electrons. The van der Waals surface area contributed by atoms with Gasteiger partial charge in [-0.25, -0.2) is 12.8 Å². The third-order valence-electron chi connectivity index (χ3n) is 3.28. The first-order valence-corrected chi connectivity index (χ1v) is 7.91. The molecule has 0 aliphatic heterocycles. The van der Waals surface area contributed by atoms with Crippen LogP contribution in [-0.4, -0.2) is 8.42 Å². The largest absolute Gasteiger partial charge is 0.326 e. The Morgan fingerprint density at radius 1 is 1.19 bits per heavy atom. The lowest BCUT2D eigenvalue weighted by molar-refractivity contribution is 0.600. The zero-order valence-corrected chi connectivity index (χ0v) is 12.7. The third kappa shape index (κ3) is 3.22. The molecule has 3 N–H and O–H groups in total. The van der Waals surface area contributed by atoms with Crippen LogP contribution >= 0.6 is 0 Å². The van der Waals surface area contributed by atoms with Gasteiger partial charge < -0.3 is 5.73 Å². The summed E-state index contributed by atoms with van der Waals surface area (Å²) in [4.78, 5) is 0.156. The molecule has 0 bridgehead atoms. The first kappa shape index (κ1) is 15.5. The Balaban J connectivity index is 2.41. The van der Waals surface area contributed by atoms with E-state index in [1.807, 2.05) is 0 Å². The van der Waals surface area contributed by atoms with Gasteiger partial charge in [0.15, 0.2) is 0 Å². The number of halogens is 1. The van der Waals surface area contributed by atoms with E-state index in [-0.39, 0.29) is 16.1 Å². The lowest BCUT2D eigenvalue weighted by atomic mass is 10.1. The van der Waals surface area contributed by atoms with Crippen LogP contribution in [0.4, 0.5) is 10.1 Å². The minimum absolute atomic E-state index is 0.156. The fourth-order valence-corrected chi connectivity index (χ4v) is 3.41. The van der Waals surface area contributed by atoms with E-state index >= 15 is 0 Å². The summed E-state index contributed by atoms with van der Waals surface area (Å²) in [5.41, 5.74) is 7.48. The molecule has 0 saturated heterocycles. The first-order valence-electron chi connectivity index (χ1n) is 6.42. The first-order chi connectivity index (χ1) is 9.85. The molecular weight excluding hydrogens is 291 g/mol. The standard InChI is InChI=1S/C15H17FN2O2S/c1-10-8-12(9-17)6-7-15(10)21(19,20)18-14-5-3-4-13(16)11(14)2/h3-8,18H,9,17H2,1-2H3. The zero-order valence-electron chi connectivity index (χ0n) is 11.9. The number of nitrogens with two attached hydrogens (primary N) is 1. The molecule has 21 heavy (non-hydrogen) atoms. The van der Waals surface area contributed by atoms with Gasteiger partial charge in [0.05, 0.1) is 10.6 Å². The molecule has 0 fully saturated rings. The van der Waals surface area contributed by atoms with Crippen molar-refractivity contribution < 1.29 is 12.8 Å². The van der Waals surface area contributed by atoms with E-state index in [0.29, 0.717) is 12.1 Å². The molecule has 4 nitrogen and oxygen atoms in total. The van der Waals surface area contributed by atoms with Crippen LogP contribution in [-0.2, 0) is 16.6 Å². The van der Waals surface area contributed by atoms with Gasteiger partial charge in [-0.2, -0.15) is 0 Å². The van der Waals surface area contributed by atoms with Crippen LogP contribution < -0.4 is 10.5 Å². The van der Waals surface area contributed by atoms with Gasteiger partial charge in [-0.1, -0.05) is 18.2 Å². The van der Waals surface area contributed by atoms with Gasteiger partial charge in [0.1, 0.15) is 5.82 Å². The Labute approximate surface area is 123 Å². The predicted octanol–water partition coefficient (Wildman–Crippen LogP) is 2.70. The summed E-state index contributed by atoms with van der Waals surface area (Å²) in [5.74, 6) is -0.453. The maximum absolute atomic E-state index is 13.5. The second-order valence-electron chi connectivity index (χ2n) is 4.82. The number of anilines is 1. The van der Waals surface area contributed by atoms with E-state index in [2.05, 4.69) is 4.72 Å². The van der Waals surface area contributed by atoms with Crippen LogP contribution in [0, 0.1) is 19.7 Å². The van der Waals surface area contributed by atoms with Crippen LogP contribution in [0.15, 0.2) is 41.3 Å². The van der Waals surface area contributed by atoms with Crippen molar-refractivity contribution in [1.29, 1.82) is 0 Å². The molecule has 0 spiro atoms. The van der Waals surface area contributed by atoms with Gasteiger partial charge in [-0.05, 0) is 43.2 Å². The van der Waals surface area contributed by atoms with E-state index < -0.39 is 15.8 Å². The maximum atomic E-state index is 13.5. The number of benzene rings is 2. The minimum Gasteiger partial charge on any atom is -0.326 e. The van der Waals surface area contributed by atoms with Gasteiger partial charge >= 0.3 is 0 Å². The van der Waals surface area contributed by atoms with E-state index in [4.69, 9.17) is 5.73 Å². The van der Waals surface area contributed by atoms with Crippen molar-refractivity contribution in [1.82, 2.24) is 0 Å². The number of hydrogen-bond donors (Lipinski definition) is 2. The van der Waals surface area contributed by atoms with Crippen molar-refractivity contribution in [3.63, 3.8) is 0 Å². The topological polar surface area (TPSA) is 72.2 Å². The van der Waals surface area contributed by atoms with Crippen molar-refractivity contribution in [3.05, 3.63) is 58.9 Å². The Kier molecular flexibility index (Phi) is 4.29. The van der Waals surface area contributed by atoms with Crippen LogP contribution in [0.3, 0.4) is 0 Å². The van der Waals surface area contributed by atoms with Gasteiger partial charge in [0.25, 0.3) is 10.0 Å². The summed E-state index contributed by atoms with van der Waals surface area (Å²) in [5, 5.41) is 0. The highest BCUT2D eigenvalue weighted by atomic mass is 32.2. The molecular formula is C15H17FN2O2S. The average molecular weight is 308 g/mol. The molecule has 0 atom stereocenters. The number of hydrogen-bond acceptors (Lipinski definition) is 3. The minimum atomic E-state index is -3.77. The Bertz CT molecular complexity index is 773. The van der Waals surface area contributed by atoms with E-state index in [9.17, 15) is 12.8 Å². The molecule has 2 rings (SSSR count). The van der Waals surface area contributed by atoms with Crippen molar-refractivity contribution in [2.75, 3.05) is 4.72 Å². The molecule has 2 aromatic rings. The Morgan fingerprint density at radius 3 is 2.52 bits per heavy atom. The SMILES string of the molecule is Cc1cc(CN)ccc1S(=O)(=O)Nc1cccc(F)c1C. The predicted molar refractivity (Wildman–Crippen MR) is 81.0 cm³/mol. The zero-order chi connectivity index (χ0) is 15.6. The maximum Gasteiger partial charge on any atom is 0.262 e. The van der Waals surface area contributed by atoms with Gasteiger partial charge in [-0.15, -0.1) is 0 Å². The molecule has 0 amide bonds. The van der Waals surface area contributed by atoms with E-state index in [1.165, 1.54) is 31.2 Å². The molecule has 0 saturated carbocycles. The molecule has 0 heterocycles. The molecule has 6 heteroatoms. The molecule has 2 aromatic carbocycles. The highest BCUT2D eigenvalue weighted by molar-refractivity contribution is 7.92. The normalized spacial score (nSPS) is 11.4. The summed E-state index contributed by atoms with van der Waals surface area (Å²) in [7, 11) is -3.77. The van der Waals surface area contributed by atoms with Gasteiger partial charge in [-0.3, -0.25) is 4.72 Å². The van der Waals surface area contributed by atoms with Crippen molar-refractivity contribution in [2.45, 2.75) is 25.3 Å². The molecule has 0 unspecified atom stereocenters. The van der Waals surface area contributed by atoms with Crippen LogP contribution in [0.2, 0.25) is 0 Å². The highest BCUT2D eigenvalue weighted by Gasteiger charge is 2.18. The quantitative estimate of drug-likeness (QED) is 0.912. The van der Waals surface area contributed by atoms with Gasteiger partial charge in [0.2, 0.25) is 0 Å². The molecule has 0 aromatic heterocycles. The summed E-state index contributed by atoms with van der Waals surface area (Å²) in [6.07, 6.45) is 0. The Morgan fingerprint density at radius 2 is 1.90 bits per heavy atom. The fourth-order valence-electron chi connectivity index (χ4n) is 2.06. The summed E-state index contributed by atoms with van der Waals surface area (Å²) >= 11 is 0. The Hall–Kier alpha value is -1.92. The lowest BCUT2D eigenvalue weighted by Crippen LogP contribution is -2.15. The number of aryl methyl sites for hydroxylation is 1. The van der Waals surface area contributed by atoms with Crippen molar-refractivity contribution in [3.8, 4) is 0 Å². The van der Waals surface area contributed by atoms with E-state index in [0.717, 1.165) is 5.56 Å². The number of rotatable bonds is 4. The van der Waals surface area contributed by atoms with Crippen LogP contribution in [0.25, 0.3) is 0 Å². The fraction of sp³-hybridized carbons (Fsp3) is 0.200. The lowest BCUT2D eigenvalue weighted by Gasteiger charge is -2.13. The summed E-state index contributed by atoms with van der Waals surface area (Å²) in [6, 6.07) is 9.18. The third-order valence-corrected chi connectivity index (χ3v) is 4.80. The molecule has 0 aliphatic rings. The monoisotopic (exact) mass is 308 g/mol. The van der Waals surface area contributed by atoms with Crippen LogP contribution in [0.1, 0.15) is 16.7 Å². The molecule has 0 aliphatic carbocycles. The summed E-state index contributed by atoms with van der Waals surface area (Å²) in [6.45, 7) is 3.57. The second-order valence-corrected chi connectivity index (χ2v) is 6.47. The smallest absolute Gasteiger partial charge is 0.262 e. The number of sulfonamides is 1. The van der Waals surface area contributed by atoms with Crippen molar-refractivity contribution in [2.24, 2.45) is 5.73 Å². The average Bonchev–Trinajstić information content (AvgIpc) is 2.43. The van der Waals surface area contributed by atoms with Gasteiger partial charge in [0, 0.05) is 12.1 Å². The highest BCUT2D eigenvalue weighted by Crippen LogP contribution is 2.23. The summed E-state index contributed by atoms with van der Waals surface area (Å²) < 4.78 is 40.8. The number of nitrogens with one attached hydrogen (secondary N) is 1. The molecule has 112 valence electrons. The van der Waals surface area contributed by atoms with Crippen molar-refractivity contribution >= 4 is 15.7 Å². The van der Waals surface area contributed by atoms with E-state index in [1.54, 1.807) is 19.1 Å². The van der Waals surface area contributed by atoms with Crippen LogP contribution in [0.5, 0.6) is 0 Å². The second kappa shape index (κ2) is 5.83.